The predicted molar refractivity (Wildman–Crippen MR) is 135 cm³/mol. The van der Waals surface area contributed by atoms with Crippen molar-refractivity contribution in [3.63, 3.8) is 0 Å². The largest absolute Gasteiger partial charge is 0.508 e. The Morgan fingerprint density at radius 1 is 1.19 bits per heavy atom. The Kier molecular flexibility index (Phi) is 6.51. The number of ketones is 2. The number of nitrogens with zero attached hydrogens (tertiary/aromatic N) is 1. The zero-order valence-electron chi connectivity index (χ0n) is 21.8. The molecule has 4 atom stereocenters. The SMILES string of the molecule is CN(C)[C@H]1C(=O)C(C(N)=O)=C(O)[C@]2(O)C(=O)C3=C(O)c4c(ccc(CNCC(C)(C)C)c4O)C[C@@H]3C[C@H]12. The summed E-state index contributed by atoms with van der Waals surface area (Å²) in [5, 5.41) is 48.1. The van der Waals surface area contributed by atoms with Gasteiger partial charge in [0.05, 0.1) is 11.6 Å². The number of likely N-dealkylation sites (N-methyl/N-ethyl adjacent to an activating group) is 1. The first kappa shape index (κ1) is 26.8. The van der Waals surface area contributed by atoms with Crippen molar-refractivity contribution in [2.45, 2.75) is 51.8 Å². The van der Waals surface area contributed by atoms with Gasteiger partial charge >= 0.3 is 0 Å². The Bertz CT molecular complexity index is 1260. The highest BCUT2D eigenvalue weighted by Crippen LogP contribution is 2.52. The van der Waals surface area contributed by atoms with Crippen molar-refractivity contribution >= 4 is 23.2 Å². The second kappa shape index (κ2) is 8.97. The number of Topliss-reactive ketones (excluding diaryl/α,β-unsaturated/α-hetero) is 2. The van der Waals surface area contributed by atoms with Gasteiger partial charge < -0.3 is 31.5 Å². The van der Waals surface area contributed by atoms with Gasteiger partial charge in [0.25, 0.3) is 5.91 Å². The summed E-state index contributed by atoms with van der Waals surface area (Å²) in [5.74, 6) is -6.44. The summed E-state index contributed by atoms with van der Waals surface area (Å²) in [4.78, 5) is 40.5. The van der Waals surface area contributed by atoms with Gasteiger partial charge in [0.1, 0.15) is 22.8 Å². The van der Waals surface area contributed by atoms with E-state index < -0.39 is 58.0 Å². The topological polar surface area (TPSA) is 173 Å². The van der Waals surface area contributed by atoms with E-state index in [1.54, 1.807) is 26.2 Å². The van der Waals surface area contributed by atoms with Gasteiger partial charge in [0.2, 0.25) is 5.78 Å². The molecule has 0 heterocycles. The number of hydrogen-bond acceptors (Lipinski definition) is 9. The van der Waals surface area contributed by atoms with E-state index in [-0.39, 0.29) is 35.1 Å². The molecule has 3 aliphatic rings. The first-order valence-electron chi connectivity index (χ1n) is 12.3. The Morgan fingerprint density at radius 3 is 2.41 bits per heavy atom. The van der Waals surface area contributed by atoms with Crippen molar-refractivity contribution in [1.82, 2.24) is 10.2 Å². The number of rotatable bonds is 5. The lowest BCUT2D eigenvalue weighted by Crippen LogP contribution is -2.65. The summed E-state index contributed by atoms with van der Waals surface area (Å²) in [6.07, 6.45) is 0.346. The van der Waals surface area contributed by atoms with Crippen LogP contribution in [-0.2, 0) is 27.3 Å². The minimum atomic E-state index is -2.63. The summed E-state index contributed by atoms with van der Waals surface area (Å²) in [6, 6.07) is 2.46. The molecule has 200 valence electrons. The van der Waals surface area contributed by atoms with Crippen molar-refractivity contribution in [3.8, 4) is 5.75 Å². The number of nitrogens with one attached hydrogen (secondary N) is 1. The molecule has 1 aromatic rings. The summed E-state index contributed by atoms with van der Waals surface area (Å²) in [6.45, 7) is 7.24. The highest BCUT2D eigenvalue weighted by atomic mass is 16.3. The van der Waals surface area contributed by atoms with Crippen LogP contribution in [0.2, 0.25) is 0 Å². The Hall–Kier alpha value is -3.21. The van der Waals surface area contributed by atoms with Gasteiger partial charge in [-0.2, -0.15) is 0 Å². The maximum atomic E-state index is 13.8. The number of benzene rings is 1. The van der Waals surface area contributed by atoms with Crippen LogP contribution in [0.15, 0.2) is 29.0 Å². The number of aromatic hydroxyl groups is 1. The highest BCUT2D eigenvalue weighted by Gasteiger charge is 2.64. The first-order chi connectivity index (χ1) is 17.1. The maximum absolute atomic E-state index is 13.8. The zero-order chi connectivity index (χ0) is 27.6. The lowest BCUT2D eigenvalue weighted by Gasteiger charge is -2.50. The average Bonchev–Trinajstić information content (AvgIpc) is 2.76. The zero-order valence-corrected chi connectivity index (χ0v) is 21.8. The van der Waals surface area contributed by atoms with Crippen molar-refractivity contribution in [3.05, 3.63) is 45.7 Å². The standard InChI is InChI=1S/C27H35N3O7/c1-26(2,3)11-29-10-13-7-6-12-8-14-9-15-19(30(4)5)22(33)18(25(28)36)24(35)27(15,37)23(34)17(14)21(32)16(12)20(13)31/h6-7,14-15,19,29,31-32,35,37H,8-11H2,1-5H3,(H2,28,36)/t14-,15-,19-,27-/m1/s1. The van der Waals surface area contributed by atoms with Crippen LogP contribution >= 0.6 is 0 Å². The van der Waals surface area contributed by atoms with Crippen molar-refractivity contribution < 1.29 is 34.8 Å². The number of carbonyl (C=O) groups is 3. The lowest BCUT2D eigenvalue weighted by molar-refractivity contribution is -0.153. The van der Waals surface area contributed by atoms with Crippen LogP contribution in [0.4, 0.5) is 0 Å². The smallest absolute Gasteiger partial charge is 0.255 e. The summed E-state index contributed by atoms with van der Waals surface area (Å²) in [7, 11) is 3.14. The lowest BCUT2D eigenvalue weighted by atomic mass is 9.57. The molecule has 7 N–H and O–H groups in total. The van der Waals surface area contributed by atoms with Gasteiger partial charge in [-0.1, -0.05) is 32.9 Å². The fourth-order valence-electron chi connectivity index (χ4n) is 5.98. The van der Waals surface area contributed by atoms with Gasteiger partial charge in [-0.05, 0) is 43.8 Å². The Balaban J connectivity index is 1.83. The van der Waals surface area contributed by atoms with E-state index in [2.05, 4.69) is 26.1 Å². The second-order valence-corrected chi connectivity index (χ2v) is 11.7. The molecule has 0 aromatic heterocycles. The molecule has 0 unspecified atom stereocenters. The fraction of sp³-hybridized carbons (Fsp3) is 0.519. The molecule has 1 aromatic carbocycles. The minimum Gasteiger partial charge on any atom is -0.508 e. The van der Waals surface area contributed by atoms with Gasteiger partial charge in [0.15, 0.2) is 11.4 Å². The molecule has 10 nitrogen and oxygen atoms in total. The van der Waals surface area contributed by atoms with E-state index in [9.17, 15) is 34.8 Å². The molecule has 0 spiro atoms. The number of carbonyl (C=O) groups excluding carboxylic acids is 3. The van der Waals surface area contributed by atoms with Crippen molar-refractivity contribution in [2.75, 3.05) is 20.6 Å². The summed E-state index contributed by atoms with van der Waals surface area (Å²) < 4.78 is 0. The van der Waals surface area contributed by atoms with Crippen LogP contribution in [0.5, 0.6) is 5.75 Å². The number of amides is 1. The molecule has 37 heavy (non-hydrogen) atoms. The van der Waals surface area contributed by atoms with E-state index >= 15 is 0 Å². The number of primary amides is 1. The van der Waals surface area contributed by atoms with Crippen LogP contribution in [0.25, 0.3) is 5.76 Å². The number of aliphatic hydroxyl groups is 3. The average molecular weight is 514 g/mol. The predicted octanol–water partition coefficient (Wildman–Crippen LogP) is 1.10. The number of hydrogen-bond donors (Lipinski definition) is 6. The number of nitrogens with two attached hydrogens (primary N) is 1. The molecule has 1 fully saturated rings. The number of fused-ring (bicyclic) bond motifs is 3. The van der Waals surface area contributed by atoms with Crippen molar-refractivity contribution in [2.24, 2.45) is 23.0 Å². The van der Waals surface area contributed by atoms with E-state index in [1.807, 2.05) is 0 Å². The van der Waals surface area contributed by atoms with Gasteiger partial charge in [-0.25, -0.2) is 0 Å². The molecule has 3 aliphatic carbocycles. The van der Waals surface area contributed by atoms with Gasteiger partial charge in [-0.15, -0.1) is 0 Å². The molecular weight excluding hydrogens is 478 g/mol. The quantitative estimate of drug-likeness (QED) is 0.315. The van der Waals surface area contributed by atoms with Crippen LogP contribution in [0.1, 0.15) is 43.9 Å². The number of aliphatic hydroxyl groups excluding tert-OH is 2. The molecule has 0 saturated heterocycles. The molecular formula is C27H35N3O7. The third-order valence-corrected chi connectivity index (χ3v) is 7.65. The van der Waals surface area contributed by atoms with Crippen LogP contribution in [-0.4, -0.2) is 75.1 Å². The first-order valence-corrected chi connectivity index (χ1v) is 12.3. The van der Waals surface area contributed by atoms with Crippen molar-refractivity contribution in [1.29, 1.82) is 0 Å². The van der Waals surface area contributed by atoms with E-state index in [1.165, 1.54) is 4.90 Å². The molecule has 0 radical (unpaired) electrons. The monoisotopic (exact) mass is 513 g/mol. The third kappa shape index (κ3) is 4.13. The third-order valence-electron chi connectivity index (χ3n) is 7.65. The highest BCUT2D eigenvalue weighted by molar-refractivity contribution is 6.24. The molecule has 0 bridgehead atoms. The van der Waals surface area contributed by atoms with E-state index in [0.29, 0.717) is 24.2 Å². The maximum Gasteiger partial charge on any atom is 0.255 e. The fourth-order valence-corrected chi connectivity index (χ4v) is 5.98. The number of phenols is 1. The molecule has 4 rings (SSSR count). The van der Waals surface area contributed by atoms with Crippen LogP contribution < -0.4 is 11.1 Å². The molecule has 10 heteroatoms. The summed E-state index contributed by atoms with van der Waals surface area (Å²) >= 11 is 0. The second-order valence-electron chi connectivity index (χ2n) is 11.7. The molecule has 1 saturated carbocycles. The molecule has 1 amide bonds. The molecule has 0 aliphatic heterocycles. The minimum absolute atomic E-state index is 0.0206. The van der Waals surface area contributed by atoms with Gasteiger partial charge in [-0.3, -0.25) is 19.3 Å². The summed E-state index contributed by atoms with van der Waals surface area (Å²) in [5.41, 5.74) is 3.02. The van der Waals surface area contributed by atoms with Crippen LogP contribution in [0.3, 0.4) is 0 Å². The van der Waals surface area contributed by atoms with Crippen LogP contribution in [0, 0.1) is 17.3 Å². The Morgan fingerprint density at radius 2 is 1.84 bits per heavy atom. The Labute approximate surface area is 215 Å². The van der Waals surface area contributed by atoms with E-state index in [0.717, 1.165) is 0 Å². The van der Waals surface area contributed by atoms with Gasteiger partial charge in [0, 0.05) is 30.1 Å². The number of phenolic OH excluding ortho intramolecular Hbond substituents is 1. The normalized spacial score (nSPS) is 27.8. The van der Waals surface area contributed by atoms with E-state index in [4.69, 9.17) is 5.73 Å².